The lowest BCUT2D eigenvalue weighted by Crippen LogP contribution is -2.01. The summed E-state index contributed by atoms with van der Waals surface area (Å²) in [6.45, 7) is 3.81. The SMILES string of the molecule is CC=NC=C(C)c1cnc(NC)c(-c2nc(-c3ccccc3)n[nH]2)n1. The first-order chi connectivity index (χ1) is 12.2. The van der Waals surface area contributed by atoms with Crippen LogP contribution in [0.4, 0.5) is 5.82 Å². The molecule has 25 heavy (non-hydrogen) atoms. The second-order valence-corrected chi connectivity index (χ2v) is 5.30. The van der Waals surface area contributed by atoms with Crippen LogP contribution in [0, 0.1) is 0 Å². The summed E-state index contributed by atoms with van der Waals surface area (Å²) in [6, 6.07) is 9.78. The number of anilines is 1. The first-order valence-corrected chi connectivity index (χ1v) is 7.91. The fourth-order valence-corrected chi connectivity index (χ4v) is 2.26. The Labute approximate surface area is 146 Å². The molecule has 2 aromatic heterocycles. The number of benzene rings is 1. The molecule has 0 aliphatic carbocycles. The summed E-state index contributed by atoms with van der Waals surface area (Å²) < 4.78 is 0. The van der Waals surface area contributed by atoms with Crippen LogP contribution in [0.25, 0.3) is 28.5 Å². The fourth-order valence-electron chi connectivity index (χ4n) is 2.26. The molecule has 0 radical (unpaired) electrons. The Balaban J connectivity index is 2.03. The number of nitrogens with one attached hydrogen (secondary N) is 2. The zero-order valence-electron chi connectivity index (χ0n) is 14.4. The number of hydrogen-bond donors (Lipinski definition) is 2. The van der Waals surface area contributed by atoms with E-state index in [4.69, 9.17) is 0 Å². The molecule has 7 nitrogen and oxygen atoms in total. The van der Waals surface area contributed by atoms with Crippen molar-refractivity contribution in [3.05, 3.63) is 48.4 Å². The summed E-state index contributed by atoms with van der Waals surface area (Å²) in [5, 5.41) is 10.3. The van der Waals surface area contributed by atoms with Crippen LogP contribution in [0.15, 0.2) is 47.7 Å². The van der Waals surface area contributed by atoms with E-state index < -0.39 is 0 Å². The van der Waals surface area contributed by atoms with Crippen LogP contribution in [-0.4, -0.2) is 38.4 Å². The minimum absolute atomic E-state index is 0.560. The summed E-state index contributed by atoms with van der Waals surface area (Å²) in [5.74, 6) is 1.81. The summed E-state index contributed by atoms with van der Waals surface area (Å²) in [4.78, 5) is 17.8. The van der Waals surface area contributed by atoms with E-state index in [1.54, 1.807) is 25.7 Å². The molecule has 3 aromatic rings. The quantitative estimate of drug-likeness (QED) is 0.698. The lowest BCUT2D eigenvalue weighted by Gasteiger charge is -2.07. The Morgan fingerprint density at radius 1 is 1.20 bits per heavy atom. The molecule has 0 saturated heterocycles. The van der Waals surface area contributed by atoms with Gasteiger partial charge in [0.15, 0.2) is 23.2 Å². The topological polar surface area (TPSA) is 91.7 Å². The Morgan fingerprint density at radius 2 is 2.00 bits per heavy atom. The summed E-state index contributed by atoms with van der Waals surface area (Å²) in [6.07, 6.45) is 5.19. The highest BCUT2D eigenvalue weighted by molar-refractivity contribution is 5.71. The number of aromatic nitrogens is 5. The molecule has 3 rings (SSSR count). The maximum atomic E-state index is 4.67. The van der Waals surface area contributed by atoms with Crippen molar-refractivity contribution in [3.8, 4) is 22.9 Å². The second-order valence-electron chi connectivity index (χ2n) is 5.30. The molecular formula is C18H19N7. The van der Waals surface area contributed by atoms with E-state index >= 15 is 0 Å². The first-order valence-electron chi connectivity index (χ1n) is 7.91. The van der Waals surface area contributed by atoms with Crippen LogP contribution in [0.2, 0.25) is 0 Å². The van der Waals surface area contributed by atoms with Crippen molar-refractivity contribution in [2.24, 2.45) is 4.99 Å². The number of nitrogens with zero attached hydrogens (tertiary/aromatic N) is 5. The number of rotatable bonds is 5. The van der Waals surface area contributed by atoms with Crippen LogP contribution in [-0.2, 0) is 0 Å². The minimum Gasteiger partial charge on any atom is -0.371 e. The summed E-state index contributed by atoms with van der Waals surface area (Å²) >= 11 is 0. The number of aromatic amines is 1. The molecule has 0 unspecified atom stereocenters. The largest absolute Gasteiger partial charge is 0.371 e. The molecule has 0 spiro atoms. The standard InChI is InChI=1S/C18H19N7/c1-4-20-10-12(2)14-11-21-17(19-3)15(22-14)18-23-16(24-25-18)13-8-6-5-7-9-13/h4-11H,1-3H3,(H,19,21)(H,23,24,25). The Morgan fingerprint density at radius 3 is 2.72 bits per heavy atom. The van der Waals surface area contributed by atoms with Gasteiger partial charge in [-0.05, 0) is 19.4 Å². The van der Waals surface area contributed by atoms with Gasteiger partial charge in [0, 0.05) is 25.0 Å². The van der Waals surface area contributed by atoms with Gasteiger partial charge in [0.1, 0.15) is 0 Å². The highest BCUT2D eigenvalue weighted by atomic mass is 15.2. The molecule has 0 saturated carbocycles. The van der Waals surface area contributed by atoms with Crippen LogP contribution >= 0.6 is 0 Å². The van der Waals surface area contributed by atoms with Crippen molar-refractivity contribution in [1.29, 1.82) is 0 Å². The smallest absolute Gasteiger partial charge is 0.181 e. The van der Waals surface area contributed by atoms with Crippen molar-refractivity contribution >= 4 is 17.6 Å². The van der Waals surface area contributed by atoms with Gasteiger partial charge in [0.2, 0.25) is 0 Å². The highest BCUT2D eigenvalue weighted by Crippen LogP contribution is 2.25. The molecule has 2 N–H and O–H groups in total. The lowest BCUT2D eigenvalue weighted by atomic mass is 10.2. The van der Waals surface area contributed by atoms with Gasteiger partial charge < -0.3 is 5.32 Å². The molecule has 0 bridgehead atoms. The van der Waals surface area contributed by atoms with Crippen molar-refractivity contribution in [3.63, 3.8) is 0 Å². The van der Waals surface area contributed by atoms with Gasteiger partial charge in [0.05, 0.1) is 11.9 Å². The highest BCUT2D eigenvalue weighted by Gasteiger charge is 2.15. The molecule has 126 valence electrons. The van der Waals surface area contributed by atoms with Gasteiger partial charge in [0.25, 0.3) is 0 Å². The van der Waals surface area contributed by atoms with Gasteiger partial charge in [-0.3, -0.25) is 10.1 Å². The zero-order chi connectivity index (χ0) is 17.6. The Kier molecular flexibility index (Phi) is 4.94. The van der Waals surface area contributed by atoms with E-state index in [9.17, 15) is 0 Å². The molecule has 1 aromatic carbocycles. The van der Waals surface area contributed by atoms with Crippen LogP contribution in [0.1, 0.15) is 19.5 Å². The van der Waals surface area contributed by atoms with E-state index in [1.165, 1.54) is 0 Å². The summed E-state index contributed by atoms with van der Waals surface area (Å²) in [5.41, 5.74) is 3.20. The van der Waals surface area contributed by atoms with Gasteiger partial charge in [-0.2, -0.15) is 5.10 Å². The predicted molar refractivity (Wildman–Crippen MR) is 100 cm³/mol. The van der Waals surface area contributed by atoms with E-state index in [0.29, 0.717) is 23.2 Å². The van der Waals surface area contributed by atoms with E-state index in [2.05, 4.69) is 35.5 Å². The van der Waals surface area contributed by atoms with E-state index in [1.807, 2.05) is 44.2 Å². The monoisotopic (exact) mass is 333 g/mol. The van der Waals surface area contributed by atoms with Crippen molar-refractivity contribution in [1.82, 2.24) is 25.1 Å². The normalized spacial score (nSPS) is 11.9. The molecule has 0 aliphatic heterocycles. The molecule has 0 fully saturated rings. The molecular weight excluding hydrogens is 314 g/mol. The molecule has 7 heteroatoms. The van der Waals surface area contributed by atoms with Crippen LogP contribution in [0.5, 0.6) is 0 Å². The molecule has 0 atom stereocenters. The third-order valence-corrected chi connectivity index (χ3v) is 3.57. The van der Waals surface area contributed by atoms with Crippen LogP contribution in [0.3, 0.4) is 0 Å². The Hall–Kier alpha value is -3.35. The number of H-pyrrole nitrogens is 1. The second kappa shape index (κ2) is 7.48. The molecule has 0 amide bonds. The maximum Gasteiger partial charge on any atom is 0.181 e. The lowest BCUT2D eigenvalue weighted by molar-refractivity contribution is 1.07. The number of aliphatic imine (C=N–C) groups is 1. The fraction of sp³-hybridized carbons (Fsp3) is 0.167. The van der Waals surface area contributed by atoms with Gasteiger partial charge >= 0.3 is 0 Å². The van der Waals surface area contributed by atoms with Crippen LogP contribution < -0.4 is 5.32 Å². The zero-order valence-corrected chi connectivity index (χ0v) is 14.4. The summed E-state index contributed by atoms with van der Waals surface area (Å²) in [7, 11) is 1.80. The Bertz CT molecular complexity index is 910. The van der Waals surface area contributed by atoms with E-state index in [-0.39, 0.29) is 0 Å². The first kappa shape index (κ1) is 16.5. The van der Waals surface area contributed by atoms with Gasteiger partial charge in [-0.1, -0.05) is 30.3 Å². The average Bonchev–Trinajstić information content (AvgIpc) is 3.16. The predicted octanol–water partition coefficient (Wildman–Crippen LogP) is 3.42. The van der Waals surface area contributed by atoms with Crippen molar-refractivity contribution in [2.45, 2.75) is 13.8 Å². The average molecular weight is 333 g/mol. The molecule has 2 heterocycles. The van der Waals surface area contributed by atoms with E-state index in [0.717, 1.165) is 16.8 Å². The van der Waals surface area contributed by atoms with Gasteiger partial charge in [-0.15, -0.1) is 0 Å². The maximum absolute atomic E-state index is 4.67. The minimum atomic E-state index is 0.560. The van der Waals surface area contributed by atoms with Gasteiger partial charge in [-0.25, -0.2) is 15.0 Å². The van der Waals surface area contributed by atoms with Crippen molar-refractivity contribution < 1.29 is 0 Å². The number of allylic oxidation sites excluding steroid dienone is 1. The third-order valence-electron chi connectivity index (χ3n) is 3.57. The van der Waals surface area contributed by atoms with Crippen molar-refractivity contribution in [2.75, 3.05) is 12.4 Å². The number of hydrogen-bond acceptors (Lipinski definition) is 6. The third kappa shape index (κ3) is 3.60. The molecule has 0 aliphatic rings.